The lowest BCUT2D eigenvalue weighted by Crippen LogP contribution is -2.61. The molecule has 0 aromatic carbocycles. The number of rotatable bonds is 6. The van der Waals surface area contributed by atoms with E-state index in [0.29, 0.717) is 37.2 Å². The van der Waals surface area contributed by atoms with E-state index in [1.54, 1.807) is 0 Å². The minimum absolute atomic E-state index is 0.0891. The second kappa shape index (κ2) is 8.35. The van der Waals surface area contributed by atoms with Crippen LogP contribution in [0.3, 0.4) is 0 Å². The van der Waals surface area contributed by atoms with Crippen molar-refractivity contribution < 1.29 is 28.6 Å². The molecule has 0 amide bonds. The minimum atomic E-state index is -1.24. The molecule has 6 heteroatoms. The Morgan fingerprint density at radius 2 is 1.81 bits per heavy atom. The predicted octanol–water partition coefficient (Wildman–Crippen LogP) is 4.40. The topological polar surface area (TPSA) is 78.9 Å². The van der Waals surface area contributed by atoms with E-state index >= 15 is 0 Å². The highest BCUT2D eigenvalue weighted by molar-refractivity contribution is 5.93. The molecule has 6 nitrogen and oxygen atoms in total. The van der Waals surface area contributed by atoms with Gasteiger partial charge in [0, 0.05) is 32.5 Å². The number of carbonyl (C=O) groups excluding carboxylic acids is 3. The molecule has 0 bridgehead atoms. The summed E-state index contributed by atoms with van der Waals surface area (Å²) in [6.45, 7) is 8.21. The number of carbonyl (C=O) groups is 3. The van der Waals surface area contributed by atoms with Crippen LogP contribution in [-0.2, 0) is 28.6 Å². The summed E-state index contributed by atoms with van der Waals surface area (Å²) in [5.74, 6) is 0.886. The number of methoxy groups -OCH3 is 1. The van der Waals surface area contributed by atoms with Crippen LogP contribution in [0, 0.1) is 28.6 Å². The molecule has 0 saturated heterocycles. The van der Waals surface area contributed by atoms with Crippen molar-refractivity contribution in [3.63, 3.8) is 0 Å². The zero-order valence-corrected chi connectivity index (χ0v) is 20.2. The largest absolute Gasteiger partial charge is 0.428 e. The third-order valence-corrected chi connectivity index (χ3v) is 9.57. The lowest BCUT2D eigenvalue weighted by molar-refractivity contribution is -0.208. The summed E-state index contributed by atoms with van der Waals surface area (Å²) in [7, 11) is 1.40. The molecule has 3 fully saturated rings. The fourth-order valence-electron chi connectivity index (χ4n) is 8.07. The van der Waals surface area contributed by atoms with E-state index in [1.807, 2.05) is 13.0 Å². The molecule has 0 N–H and O–H groups in total. The van der Waals surface area contributed by atoms with Crippen molar-refractivity contribution in [3.05, 3.63) is 11.6 Å². The Bertz CT molecular complexity index is 832. The van der Waals surface area contributed by atoms with Crippen LogP contribution in [0.2, 0.25) is 0 Å². The Morgan fingerprint density at radius 1 is 1.09 bits per heavy atom. The maximum atomic E-state index is 13.8. The van der Waals surface area contributed by atoms with E-state index in [4.69, 9.17) is 14.2 Å². The number of ether oxygens (including phenoxy) is 3. The molecule has 3 saturated carbocycles. The molecule has 32 heavy (non-hydrogen) atoms. The summed E-state index contributed by atoms with van der Waals surface area (Å²) in [5.41, 5.74) is 0.0946. The van der Waals surface area contributed by atoms with Gasteiger partial charge in [-0.05, 0) is 81.1 Å². The van der Waals surface area contributed by atoms with Crippen molar-refractivity contribution in [1.29, 1.82) is 0 Å². The van der Waals surface area contributed by atoms with Crippen LogP contribution >= 0.6 is 0 Å². The predicted molar refractivity (Wildman–Crippen MR) is 119 cm³/mol. The lowest BCUT2D eigenvalue weighted by atomic mass is 9.46. The number of hydrogen-bond acceptors (Lipinski definition) is 6. The molecular weight excluding hydrogens is 408 g/mol. The highest BCUT2D eigenvalue weighted by atomic mass is 16.7. The normalized spacial score (nSPS) is 41.7. The summed E-state index contributed by atoms with van der Waals surface area (Å²) < 4.78 is 16.9. The van der Waals surface area contributed by atoms with Gasteiger partial charge in [0.15, 0.2) is 5.78 Å². The number of esters is 1. The van der Waals surface area contributed by atoms with E-state index < -0.39 is 17.9 Å². The zero-order chi connectivity index (χ0) is 23.3. The maximum Gasteiger partial charge on any atom is 0.305 e. The van der Waals surface area contributed by atoms with Crippen molar-refractivity contribution in [2.75, 3.05) is 13.7 Å². The van der Waals surface area contributed by atoms with Crippen LogP contribution in [0.1, 0.15) is 79.1 Å². The highest BCUT2D eigenvalue weighted by Gasteiger charge is 2.68. The molecule has 0 aromatic heterocycles. The van der Waals surface area contributed by atoms with Gasteiger partial charge in [0.1, 0.15) is 5.60 Å². The molecule has 1 unspecified atom stereocenters. The Hall–Kier alpha value is -1.53. The molecule has 4 aliphatic carbocycles. The first-order valence-corrected chi connectivity index (χ1v) is 12.2. The fraction of sp³-hybridized carbons (Fsp3) is 0.808. The molecule has 0 radical (unpaired) electrons. The number of allylic oxidation sites excluding steroid dienone is 1. The monoisotopic (exact) mass is 446 g/mol. The number of hydrogen-bond donors (Lipinski definition) is 0. The van der Waals surface area contributed by atoms with Crippen molar-refractivity contribution in [2.45, 2.75) is 91.0 Å². The van der Waals surface area contributed by atoms with Crippen molar-refractivity contribution >= 4 is 17.5 Å². The van der Waals surface area contributed by atoms with E-state index in [9.17, 15) is 14.4 Å². The van der Waals surface area contributed by atoms with Gasteiger partial charge in [0.25, 0.3) is 6.29 Å². The molecule has 178 valence electrons. The Labute approximate surface area is 191 Å². The van der Waals surface area contributed by atoms with E-state index in [0.717, 1.165) is 38.5 Å². The molecular formula is C26H38O6. The molecule has 0 aliphatic heterocycles. The van der Waals surface area contributed by atoms with E-state index in [2.05, 4.69) is 13.8 Å². The van der Waals surface area contributed by atoms with Gasteiger partial charge < -0.3 is 14.2 Å². The SMILES string of the molecule is CCO[C@@]1(C(=O)C(OC)OC(C)=O)CC[C@H]2[C@@H]3CCC4=CC(=O)CC[C@]4(C)[C@H]3CC[C@@]21C. The van der Waals surface area contributed by atoms with Gasteiger partial charge in [0.05, 0.1) is 0 Å². The third-order valence-electron chi connectivity index (χ3n) is 9.57. The number of Topliss-reactive ketones (excluding diaryl/α,β-unsaturated/α-hetero) is 1. The molecule has 0 heterocycles. The first kappa shape index (κ1) is 23.6. The molecule has 4 aliphatic rings. The van der Waals surface area contributed by atoms with Crippen LogP contribution < -0.4 is 0 Å². The van der Waals surface area contributed by atoms with Gasteiger partial charge in [-0.15, -0.1) is 0 Å². The van der Waals surface area contributed by atoms with E-state index in [1.165, 1.54) is 19.6 Å². The third kappa shape index (κ3) is 3.32. The second-order valence-electron chi connectivity index (χ2n) is 10.8. The standard InChI is InChI=1S/C26H38O6/c1-6-31-26(22(29)23(30-5)32-16(2)27)14-11-21-19-8-7-17-15-18(28)9-12-24(17,3)20(19)10-13-25(21,26)4/h15,19-21,23H,6-14H2,1-5H3/t19-,20+,21+,23?,24+,25+,26-/m1/s1. The first-order chi connectivity index (χ1) is 15.1. The van der Waals surface area contributed by atoms with Gasteiger partial charge in [-0.25, -0.2) is 0 Å². The summed E-state index contributed by atoms with van der Waals surface area (Å²) in [6, 6.07) is 0. The average molecular weight is 447 g/mol. The van der Waals surface area contributed by atoms with Crippen LogP contribution in [-0.4, -0.2) is 43.1 Å². The van der Waals surface area contributed by atoms with Crippen LogP contribution in [0.5, 0.6) is 0 Å². The van der Waals surface area contributed by atoms with Gasteiger partial charge >= 0.3 is 5.97 Å². The van der Waals surface area contributed by atoms with Gasteiger partial charge in [-0.2, -0.15) is 0 Å². The quantitative estimate of drug-likeness (QED) is 0.445. The van der Waals surface area contributed by atoms with Gasteiger partial charge in [-0.1, -0.05) is 19.4 Å². The van der Waals surface area contributed by atoms with Crippen molar-refractivity contribution in [1.82, 2.24) is 0 Å². The summed E-state index contributed by atoms with van der Waals surface area (Å²) in [4.78, 5) is 37.5. The summed E-state index contributed by atoms with van der Waals surface area (Å²) in [5, 5.41) is 0. The maximum absolute atomic E-state index is 13.8. The van der Waals surface area contributed by atoms with Gasteiger partial charge in [-0.3, -0.25) is 14.4 Å². The smallest absolute Gasteiger partial charge is 0.305 e. The second-order valence-corrected chi connectivity index (χ2v) is 10.8. The fourth-order valence-corrected chi connectivity index (χ4v) is 8.07. The minimum Gasteiger partial charge on any atom is -0.428 e. The van der Waals surface area contributed by atoms with E-state index in [-0.39, 0.29) is 22.4 Å². The average Bonchev–Trinajstić information content (AvgIpc) is 3.05. The Morgan fingerprint density at radius 3 is 2.47 bits per heavy atom. The molecule has 4 rings (SSSR count). The van der Waals surface area contributed by atoms with Crippen LogP contribution in [0.4, 0.5) is 0 Å². The number of ketones is 2. The molecule has 0 aromatic rings. The zero-order valence-electron chi connectivity index (χ0n) is 20.2. The van der Waals surface area contributed by atoms with Crippen LogP contribution in [0.15, 0.2) is 11.6 Å². The molecule has 0 spiro atoms. The van der Waals surface area contributed by atoms with Gasteiger partial charge in [0.2, 0.25) is 5.78 Å². The van der Waals surface area contributed by atoms with Crippen LogP contribution in [0.25, 0.3) is 0 Å². The van der Waals surface area contributed by atoms with Crippen molar-refractivity contribution in [3.8, 4) is 0 Å². The summed E-state index contributed by atoms with van der Waals surface area (Å²) >= 11 is 0. The Kier molecular flexibility index (Phi) is 6.17. The Balaban J connectivity index is 1.68. The van der Waals surface area contributed by atoms with Crippen molar-refractivity contribution in [2.24, 2.45) is 28.6 Å². The molecule has 7 atom stereocenters. The lowest BCUT2D eigenvalue weighted by Gasteiger charge is -2.59. The first-order valence-electron chi connectivity index (χ1n) is 12.2. The summed E-state index contributed by atoms with van der Waals surface area (Å²) in [6.07, 6.45) is 7.77. The highest BCUT2D eigenvalue weighted by Crippen LogP contribution is 2.68. The number of fused-ring (bicyclic) bond motifs is 5.